The van der Waals surface area contributed by atoms with Gasteiger partial charge in [0.1, 0.15) is 0 Å². The molecule has 0 aliphatic rings. The number of aromatic nitrogens is 2. The molecule has 0 radical (unpaired) electrons. The Morgan fingerprint density at radius 3 is 1.27 bits per heavy atom. The van der Waals surface area contributed by atoms with Crippen molar-refractivity contribution in [3.05, 3.63) is 0 Å². The maximum atomic E-state index is 12.4. The molecule has 0 unspecified atom stereocenters. The minimum atomic E-state index is -7.09. The van der Waals surface area contributed by atoms with E-state index >= 15 is 0 Å². The molecule has 20 heteroatoms. The predicted molar refractivity (Wildman–Crippen MR) is 58.3 cm³/mol. The molecule has 0 aliphatic heterocycles. The first-order chi connectivity index (χ1) is 11.1. The SMILES string of the molecule is O=S(=O)(c1nc(S(=O)(=O)C(F)(F)F)c(S(=O)(=O)C(F)(F)F)[nH]1)C(F)(F)F. The monoisotopic (exact) mass is 464 g/mol. The largest absolute Gasteiger partial charge is 0.504 e. The summed E-state index contributed by atoms with van der Waals surface area (Å²) in [6.45, 7) is 0. The average molecular weight is 464 g/mol. The number of halogens is 9. The summed E-state index contributed by atoms with van der Waals surface area (Å²) in [6, 6.07) is 0. The van der Waals surface area contributed by atoms with Gasteiger partial charge < -0.3 is 4.98 Å². The van der Waals surface area contributed by atoms with Crippen molar-refractivity contribution in [1.82, 2.24) is 9.97 Å². The molecule has 0 atom stereocenters. The second-order valence-electron chi connectivity index (χ2n) is 4.02. The van der Waals surface area contributed by atoms with E-state index in [-0.39, 0.29) is 0 Å². The van der Waals surface area contributed by atoms with E-state index in [0.29, 0.717) is 4.98 Å². The van der Waals surface area contributed by atoms with Crippen LogP contribution >= 0.6 is 0 Å². The first-order valence-electron chi connectivity index (χ1n) is 5.12. The lowest BCUT2D eigenvalue weighted by Crippen LogP contribution is -2.29. The van der Waals surface area contributed by atoms with E-state index in [1.54, 1.807) is 0 Å². The zero-order chi connectivity index (χ0) is 21.1. The Kier molecular flexibility index (Phi) is 4.94. The van der Waals surface area contributed by atoms with E-state index in [4.69, 9.17) is 0 Å². The van der Waals surface area contributed by atoms with Gasteiger partial charge in [-0.1, -0.05) is 0 Å². The zero-order valence-electron chi connectivity index (χ0n) is 11.0. The number of hydrogen-bond donors (Lipinski definition) is 1. The van der Waals surface area contributed by atoms with Crippen molar-refractivity contribution in [2.75, 3.05) is 0 Å². The van der Waals surface area contributed by atoms with E-state index in [9.17, 15) is 64.8 Å². The Labute approximate surface area is 136 Å². The molecule has 1 aromatic heterocycles. The summed E-state index contributed by atoms with van der Waals surface area (Å²) in [7, 11) is -21.0. The highest BCUT2D eigenvalue weighted by Crippen LogP contribution is 2.39. The Morgan fingerprint density at radius 1 is 0.615 bits per heavy atom. The number of alkyl halides is 9. The number of sulfone groups is 3. The van der Waals surface area contributed by atoms with Gasteiger partial charge in [-0.05, 0) is 0 Å². The number of rotatable bonds is 3. The molecular weight excluding hydrogens is 463 g/mol. The molecule has 0 aliphatic carbocycles. The Bertz CT molecular complexity index is 964. The zero-order valence-corrected chi connectivity index (χ0v) is 13.5. The fourth-order valence-electron chi connectivity index (χ4n) is 1.15. The lowest BCUT2D eigenvalue weighted by Gasteiger charge is -2.09. The highest BCUT2D eigenvalue weighted by molar-refractivity contribution is 7.95. The second-order valence-corrected chi connectivity index (χ2v) is 9.61. The van der Waals surface area contributed by atoms with Crippen molar-refractivity contribution >= 4 is 29.5 Å². The van der Waals surface area contributed by atoms with E-state index in [1.807, 2.05) is 4.98 Å². The lowest BCUT2D eigenvalue weighted by atomic mass is 10.9. The van der Waals surface area contributed by atoms with E-state index < -0.39 is 61.2 Å². The van der Waals surface area contributed by atoms with Gasteiger partial charge in [-0.25, -0.2) is 30.2 Å². The summed E-state index contributed by atoms with van der Waals surface area (Å²) in [6.07, 6.45) is 0. The Balaban J connectivity index is 4.06. The highest BCUT2D eigenvalue weighted by atomic mass is 32.2. The van der Waals surface area contributed by atoms with Gasteiger partial charge >= 0.3 is 26.4 Å². The molecule has 152 valence electrons. The molecule has 0 aromatic carbocycles. The van der Waals surface area contributed by atoms with Crippen molar-refractivity contribution in [2.45, 2.75) is 31.7 Å². The average Bonchev–Trinajstić information content (AvgIpc) is 2.80. The molecule has 1 heterocycles. The van der Waals surface area contributed by atoms with Crippen molar-refractivity contribution in [3.63, 3.8) is 0 Å². The van der Waals surface area contributed by atoms with Crippen LogP contribution < -0.4 is 0 Å². The third kappa shape index (κ3) is 3.35. The van der Waals surface area contributed by atoms with Gasteiger partial charge in [-0.2, -0.15) is 39.5 Å². The number of aromatic amines is 1. The smallest absolute Gasteiger partial charge is 0.318 e. The van der Waals surface area contributed by atoms with Crippen LogP contribution in [0.2, 0.25) is 0 Å². The minimum Gasteiger partial charge on any atom is -0.318 e. The summed E-state index contributed by atoms with van der Waals surface area (Å²) in [5.74, 6) is 0. The molecule has 0 bridgehead atoms. The van der Waals surface area contributed by atoms with Crippen LogP contribution in [0.5, 0.6) is 0 Å². The van der Waals surface area contributed by atoms with Gasteiger partial charge in [0.2, 0.25) is 10.2 Å². The first kappa shape index (κ1) is 22.5. The fraction of sp³-hybridized carbons (Fsp3) is 0.500. The van der Waals surface area contributed by atoms with E-state index in [2.05, 4.69) is 0 Å². The topological polar surface area (TPSA) is 131 Å². The minimum absolute atomic E-state index is 0.347. The number of hydrogen-bond acceptors (Lipinski definition) is 7. The van der Waals surface area contributed by atoms with Gasteiger partial charge in [-0.3, -0.25) is 0 Å². The van der Waals surface area contributed by atoms with Crippen molar-refractivity contribution in [2.24, 2.45) is 0 Å². The van der Waals surface area contributed by atoms with E-state index in [1.165, 1.54) is 0 Å². The molecule has 1 rings (SSSR count). The van der Waals surface area contributed by atoms with Gasteiger partial charge in [0.15, 0.2) is 5.03 Å². The molecule has 0 fully saturated rings. The van der Waals surface area contributed by atoms with Crippen LogP contribution in [0.1, 0.15) is 0 Å². The molecule has 0 amide bonds. The van der Waals surface area contributed by atoms with Crippen molar-refractivity contribution < 1.29 is 64.8 Å². The van der Waals surface area contributed by atoms with Crippen LogP contribution in [0.4, 0.5) is 39.5 Å². The third-order valence-corrected chi connectivity index (χ3v) is 6.61. The van der Waals surface area contributed by atoms with Crippen LogP contribution in [0.3, 0.4) is 0 Å². The second kappa shape index (κ2) is 5.71. The molecule has 1 N–H and O–H groups in total. The van der Waals surface area contributed by atoms with Crippen LogP contribution in [0, 0.1) is 0 Å². The molecular formula is C6HF9N2O6S3. The number of H-pyrrole nitrogens is 1. The number of imidazole rings is 1. The molecule has 0 saturated heterocycles. The predicted octanol–water partition coefficient (Wildman–Crippen LogP) is 1.29. The number of nitrogens with zero attached hydrogens (tertiary/aromatic N) is 1. The molecule has 8 nitrogen and oxygen atoms in total. The van der Waals surface area contributed by atoms with Crippen molar-refractivity contribution in [1.29, 1.82) is 0 Å². The highest BCUT2D eigenvalue weighted by Gasteiger charge is 2.58. The summed E-state index contributed by atoms with van der Waals surface area (Å²) in [4.78, 5) is 2.16. The molecule has 0 saturated carbocycles. The summed E-state index contributed by atoms with van der Waals surface area (Å²) in [5.41, 5.74) is -19.4. The van der Waals surface area contributed by atoms with Crippen molar-refractivity contribution in [3.8, 4) is 0 Å². The van der Waals surface area contributed by atoms with Crippen LogP contribution in [-0.2, 0) is 29.5 Å². The number of nitrogens with one attached hydrogen (secondary N) is 1. The normalized spacial score (nSPS) is 15.3. The maximum absolute atomic E-state index is 12.4. The lowest BCUT2D eigenvalue weighted by molar-refractivity contribution is -0.0459. The fourth-order valence-corrected chi connectivity index (χ4v) is 4.06. The van der Waals surface area contributed by atoms with Crippen LogP contribution in [0.25, 0.3) is 0 Å². The summed E-state index contributed by atoms with van der Waals surface area (Å²) in [5, 5.41) is -8.94. The first-order valence-corrected chi connectivity index (χ1v) is 9.57. The van der Waals surface area contributed by atoms with E-state index in [0.717, 1.165) is 0 Å². The Morgan fingerprint density at radius 2 is 0.962 bits per heavy atom. The van der Waals surface area contributed by atoms with Crippen LogP contribution in [0.15, 0.2) is 15.2 Å². The molecule has 26 heavy (non-hydrogen) atoms. The summed E-state index contributed by atoms with van der Waals surface area (Å²) >= 11 is 0. The standard InChI is InChI=1S/C6HF9N2O6S3/c7-4(8,9)24(18,19)1-2(25(20,21)5(10,11)12)17-3(16-1)26(22,23)6(13,14)15/h(H,16,17). The molecule has 0 spiro atoms. The van der Waals surface area contributed by atoms with Crippen LogP contribution in [-0.4, -0.2) is 51.7 Å². The Hall–Kier alpha value is -1.57. The van der Waals surface area contributed by atoms with Gasteiger partial charge in [0.05, 0.1) is 0 Å². The quantitative estimate of drug-likeness (QED) is 0.667. The summed E-state index contributed by atoms with van der Waals surface area (Å²) < 4.78 is 178. The van der Waals surface area contributed by atoms with Gasteiger partial charge in [0, 0.05) is 0 Å². The van der Waals surface area contributed by atoms with Gasteiger partial charge in [-0.15, -0.1) is 0 Å². The maximum Gasteiger partial charge on any atom is 0.504 e. The third-order valence-electron chi connectivity index (χ3n) is 2.31. The molecule has 1 aromatic rings. The van der Waals surface area contributed by atoms with Gasteiger partial charge in [0.25, 0.3) is 19.7 Å².